The molecule has 3 atom stereocenters. The molecule has 1 fully saturated rings. The van der Waals surface area contributed by atoms with Crippen LogP contribution in [0.5, 0.6) is 0 Å². The summed E-state index contributed by atoms with van der Waals surface area (Å²) in [7, 11) is 1.14. The van der Waals surface area contributed by atoms with Gasteiger partial charge in [-0.1, -0.05) is 0 Å². The molecule has 1 heterocycles. The average molecular weight is 283 g/mol. The Balaban J connectivity index is 2.55. The number of esters is 2. The summed E-state index contributed by atoms with van der Waals surface area (Å²) < 4.78 is 46.8. The maximum atomic E-state index is 12.5. The molecule has 1 aliphatic heterocycles. The average Bonchev–Trinajstić information content (AvgIpc) is 2.36. The minimum atomic E-state index is -4.40. The molecule has 0 radical (unpaired) electrons. The Morgan fingerprint density at radius 3 is 2.53 bits per heavy atom. The minimum absolute atomic E-state index is 0.0799. The Hall–Kier alpha value is -1.31. The van der Waals surface area contributed by atoms with Gasteiger partial charge >= 0.3 is 18.1 Å². The Morgan fingerprint density at radius 2 is 2.00 bits per heavy atom. The largest absolute Gasteiger partial charge is 0.466 e. The third-order valence-corrected chi connectivity index (χ3v) is 2.96. The van der Waals surface area contributed by atoms with Crippen LogP contribution in [0.1, 0.15) is 19.8 Å². The molecular formula is C11H16F3NO4. The number of hydrogen-bond acceptors (Lipinski definition) is 5. The first kappa shape index (κ1) is 15.7. The number of hydrogen-bond donors (Lipinski definition) is 1. The molecule has 110 valence electrons. The summed E-state index contributed by atoms with van der Waals surface area (Å²) in [5, 5.41) is 2.31. The van der Waals surface area contributed by atoms with E-state index in [0.717, 1.165) is 7.11 Å². The summed E-state index contributed by atoms with van der Waals surface area (Å²) in [6.45, 7) is 1.39. The van der Waals surface area contributed by atoms with Gasteiger partial charge < -0.3 is 14.8 Å². The molecule has 0 amide bonds. The van der Waals surface area contributed by atoms with Crippen LogP contribution in [0.15, 0.2) is 0 Å². The molecule has 0 aliphatic carbocycles. The van der Waals surface area contributed by atoms with Crippen LogP contribution in [-0.4, -0.2) is 43.9 Å². The van der Waals surface area contributed by atoms with E-state index in [0.29, 0.717) is 0 Å². The van der Waals surface area contributed by atoms with E-state index in [1.807, 2.05) is 0 Å². The first-order valence-electron chi connectivity index (χ1n) is 5.84. The number of alkyl halides is 3. The van der Waals surface area contributed by atoms with Crippen LogP contribution >= 0.6 is 0 Å². The quantitative estimate of drug-likeness (QED) is 0.783. The summed E-state index contributed by atoms with van der Waals surface area (Å²) in [4.78, 5) is 22.7. The number of nitrogens with one attached hydrogen (secondary N) is 1. The highest BCUT2D eigenvalue weighted by atomic mass is 19.4. The van der Waals surface area contributed by atoms with Gasteiger partial charge in [-0.15, -0.1) is 0 Å². The molecule has 5 nitrogen and oxygen atoms in total. The Bertz CT molecular complexity index is 345. The van der Waals surface area contributed by atoms with Crippen LogP contribution in [0.25, 0.3) is 0 Å². The first-order chi connectivity index (χ1) is 8.75. The maximum absolute atomic E-state index is 12.5. The molecule has 3 unspecified atom stereocenters. The summed E-state index contributed by atoms with van der Waals surface area (Å²) >= 11 is 0. The van der Waals surface area contributed by atoms with Crippen molar-refractivity contribution >= 4 is 11.9 Å². The van der Waals surface area contributed by atoms with Crippen LogP contribution in [0, 0.1) is 5.92 Å². The predicted octanol–water partition coefficient (Wildman–Crippen LogP) is 1.02. The number of carbonyl (C=O) groups is 2. The Labute approximate surface area is 108 Å². The van der Waals surface area contributed by atoms with Crippen LogP contribution in [-0.2, 0) is 19.1 Å². The molecule has 19 heavy (non-hydrogen) atoms. The fourth-order valence-electron chi connectivity index (χ4n) is 1.87. The van der Waals surface area contributed by atoms with Crippen LogP contribution in [0.3, 0.4) is 0 Å². The number of ether oxygens (including phenoxy) is 2. The van der Waals surface area contributed by atoms with Crippen molar-refractivity contribution in [1.29, 1.82) is 0 Å². The molecule has 0 bridgehead atoms. The second kappa shape index (κ2) is 6.23. The normalized spacial score (nSPS) is 25.5. The van der Waals surface area contributed by atoms with Crippen molar-refractivity contribution in [3.8, 4) is 0 Å². The van der Waals surface area contributed by atoms with Crippen LogP contribution < -0.4 is 5.32 Å². The summed E-state index contributed by atoms with van der Waals surface area (Å²) in [5.74, 6) is -2.40. The number of rotatable bonds is 3. The van der Waals surface area contributed by atoms with Gasteiger partial charge in [-0.05, 0) is 26.3 Å². The Morgan fingerprint density at radius 1 is 1.37 bits per heavy atom. The van der Waals surface area contributed by atoms with Crippen molar-refractivity contribution in [1.82, 2.24) is 5.32 Å². The molecule has 0 saturated carbocycles. The summed E-state index contributed by atoms with van der Waals surface area (Å²) in [6, 6.07) is -1.72. The second-order valence-electron chi connectivity index (χ2n) is 4.37. The van der Waals surface area contributed by atoms with Gasteiger partial charge in [0.2, 0.25) is 0 Å². The fraction of sp³-hybridized carbons (Fsp3) is 0.818. The third-order valence-electron chi connectivity index (χ3n) is 2.96. The van der Waals surface area contributed by atoms with Gasteiger partial charge in [0.15, 0.2) is 6.10 Å². The second-order valence-corrected chi connectivity index (χ2v) is 4.37. The molecule has 0 aromatic rings. The number of piperidine rings is 1. The molecule has 1 N–H and O–H groups in total. The lowest BCUT2D eigenvalue weighted by atomic mass is 9.92. The lowest BCUT2D eigenvalue weighted by Crippen LogP contribution is -2.49. The van der Waals surface area contributed by atoms with Crippen molar-refractivity contribution in [3.05, 3.63) is 0 Å². The van der Waals surface area contributed by atoms with Crippen molar-refractivity contribution in [3.63, 3.8) is 0 Å². The third kappa shape index (κ3) is 4.38. The van der Waals surface area contributed by atoms with Crippen molar-refractivity contribution < 1.29 is 32.2 Å². The molecule has 0 aromatic carbocycles. The van der Waals surface area contributed by atoms with E-state index in [4.69, 9.17) is 4.74 Å². The van der Waals surface area contributed by atoms with Gasteiger partial charge in [-0.2, -0.15) is 13.2 Å². The van der Waals surface area contributed by atoms with E-state index >= 15 is 0 Å². The summed E-state index contributed by atoms with van der Waals surface area (Å²) in [5.41, 5.74) is 0. The van der Waals surface area contributed by atoms with E-state index in [1.165, 1.54) is 6.92 Å². The van der Waals surface area contributed by atoms with Crippen molar-refractivity contribution in [2.45, 2.75) is 38.1 Å². The van der Waals surface area contributed by atoms with Gasteiger partial charge in [0.25, 0.3) is 0 Å². The zero-order valence-electron chi connectivity index (χ0n) is 10.6. The SMILES string of the molecule is COC(=O)C(C)OC(=O)C1CCNC(C(F)(F)F)C1. The highest BCUT2D eigenvalue weighted by Crippen LogP contribution is 2.29. The highest BCUT2D eigenvalue weighted by Gasteiger charge is 2.44. The molecule has 1 saturated heterocycles. The van der Waals surface area contributed by atoms with Gasteiger partial charge in [-0.25, -0.2) is 4.79 Å². The molecule has 0 aromatic heterocycles. The zero-order valence-corrected chi connectivity index (χ0v) is 10.6. The lowest BCUT2D eigenvalue weighted by Gasteiger charge is -2.30. The standard InChI is InChI=1S/C11H16F3NO4/c1-6(9(16)18-2)19-10(17)7-3-4-15-8(5-7)11(12,13)14/h6-8,15H,3-5H2,1-2H3. The number of methoxy groups -OCH3 is 1. The van der Waals surface area contributed by atoms with E-state index < -0.39 is 36.2 Å². The minimum Gasteiger partial charge on any atom is -0.466 e. The predicted molar refractivity (Wildman–Crippen MR) is 58.1 cm³/mol. The van der Waals surface area contributed by atoms with E-state index in [2.05, 4.69) is 10.1 Å². The molecule has 0 spiro atoms. The van der Waals surface area contributed by atoms with E-state index in [1.54, 1.807) is 0 Å². The summed E-state index contributed by atoms with van der Waals surface area (Å²) in [6.07, 6.45) is -5.64. The highest BCUT2D eigenvalue weighted by molar-refractivity contribution is 5.80. The fourth-order valence-corrected chi connectivity index (χ4v) is 1.87. The molecule has 1 rings (SSSR count). The monoisotopic (exact) mass is 283 g/mol. The van der Waals surface area contributed by atoms with Crippen LogP contribution in [0.4, 0.5) is 13.2 Å². The number of carbonyl (C=O) groups excluding carboxylic acids is 2. The van der Waals surface area contributed by atoms with Crippen molar-refractivity contribution in [2.24, 2.45) is 5.92 Å². The van der Waals surface area contributed by atoms with Crippen LogP contribution in [0.2, 0.25) is 0 Å². The lowest BCUT2D eigenvalue weighted by molar-refractivity contribution is -0.176. The van der Waals surface area contributed by atoms with E-state index in [9.17, 15) is 22.8 Å². The Kier molecular flexibility index (Phi) is 5.16. The topological polar surface area (TPSA) is 64.6 Å². The first-order valence-corrected chi connectivity index (χ1v) is 5.84. The van der Waals surface area contributed by atoms with Gasteiger partial charge in [0.1, 0.15) is 6.04 Å². The zero-order chi connectivity index (χ0) is 14.6. The molecular weight excluding hydrogens is 267 g/mol. The van der Waals surface area contributed by atoms with Gasteiger partial charge in [0.05, 0.1) is 13.0 Å². The molecule has 8 heteroatoms. The van der Waals surface area contributed by atoms with Gasteiger partial charge in [0, 0.05) is 0 Å². The maximum Gasteiger partial charge on any atom is 0.403 e. The van der Waals surface area contributed by atoms with Gasteiger partial charge in [-0.3, -0.25) is 4.79 Å². The molecule has 1 aliphatic rings. The van der Waals surface area contributed by atoms with E-state index in [-0.39, 0.29) is 19.4 Å². The van der Waals surface area contributed by atoms with Crippen molar-refractivity contribution in [2.75, 3.05) is 13.7 Å². The smallest absolute Gasteiger partial charge is 0.403 e. The number of halogens is 3.